The molecule has 1 aliphatic heterocycles. The van der Waals surface area contributed by atoms with Crippen LogP contribution in [0.4, 0.5) is 0 Å². The normalized spacial score (nSPS) is 18.6. The molecule has 1 unspecified atom stereocenters. The molecule has 0 saturated carbocycles. The molecule has 0 bridgehead atoms. The summed E-state index contributed by atoms with van der Waals surface area (Å²) in [6.07, 6.45) is 1.75. The molecule has 0 N–H and O–H groups in total. The molecule has 3 nitrogen and oxygen atoms in total. The van der Waals surface area contributed by atoms with E-state index < -0.39 is 0 Å². The van der Waals surface area contributed by atoms with Gasteiger partial charge in [-0.15, -0.1) is 11.8 Å². The van der Waals surface area contributed by atoms with Crippen LogP contribution >= 0.6 is 23.4 Å². The van der Waals surface area contributed by atoms with Crippen LogP contribution in [0.3, 0.4) is 0 Å². The van der Waals surface area contributed by atoms with Crippen LogP contribution in [0.2, 0.25) is 5.02 Å². The molecule has 1 saturated heterocycles. The minimum Gasteiger partial charge on any atom is -0.320 e. The van der Waals surface area contributed by atoms with E-state index in [-0.39, 0.29) is 11.3 Å². The Morgan fingerprint density at radius 1 is 1.25 bits per heavy atom. The number of carbonyl (C=O) groups excluding carboxylic acids is 1. The highest BCUT2D eigenvalue weighted by atomic mass is 35.5. The van der Waals surface area contributed by atoms with Crippen LogP contribution in [0.1, 0.15) is 16.6 Å². The monoisotopic (exact) mass is 304 g/mol. The molecule has 1 aliphatic rings. The summed E-state index contributed by atoms with van der Waals surface area (Å²) < 4.78 is 0. The average Bonchev–Trinajstić information content (AvgIpc) is 2.83. The van der Waals surface area contributed by atoms with E-state index >= 15 is 0 Å². The van der Waals surface area contributed by atoms with Crippen LogP contribution in [0, 0.1) is 0 Å². The standard InChI is InChI=1S/C15H13ClN2OS/c16-12-6-4-11(5-7-12)15-18(14(19)10-20-15)9-13-3-1-2-8-17-13/h1-8,15H,9-10H2. The maximum atomic E-state index is 12.1. The van der Waals surface area contributed by atoms with Gasteiger partial charge in [0, 0.05) is 11.2 Å². The highest BCUT2D eigenvalue weighted by Gasteiger charge is 2.32. The predicted octanol–water partition coefficient (Wildman–Crippen LogP) is 3.51. The Bertz CT molecular complexity index is 603. The van der Waals surface area contributed by atoms with Crippen molar-refractivity contribution >= 4 is 29.3 Å². The lowest BCUT2D eigenvalue weighted by Crippen LogP contribution is -2.28. The maximum absolute atomic E-state index is 12.1. The molecule has 5 heteroatoms. The Morgan fingerprint density at radius 2 is 2.05 bits per heavy atom. The van der Waals surface area contributed by atoms with Gasteiger partial charge < -0.3 is 4.90 Å². The van der Waals surface area contributed by atoms with Gasteiger partial charge in [0.05, 0.1) is 18.0 Å². The first-order valence-corrected chi connectivity index (χ1v) is 7.73. The molecule has 20 heavy (non-hydrogen) atoms. The van der Waals surface area contributed by atoms with Gasteiger partial charge in [0.15, 0.2) is 0 Å². The van der Waals surface area contributed by atoms with Gasteiger partial charge in [-0.2, -0.15) is 0 Å². The number of carbonyl (C=O) groups is 1. The van der Waals surface area contributed by atoms with Crippen molar-refractivity contribution in [1.29, 1.82) is 0 Å². The number of benzene rings is 1. The zero-order valence-electron chi connectivity index (χ0n) is 10.7. The van der Waals surface area contributed by atoms with Gasteiger partial charge in [0.1, 0.15) is 5.37 Å². The fourth-order valence-electron chi connectivity index (χ4n) is 2.19. The molecule has 3 rings (SSSR count). The minimum atomic E-state index is 0.0433. The predicted molar refractivity (Wildman–Crippen MR) is 81.4 cm³/mol. The van der Waals surface area contributed by atoms with E-state index in [2.05, 4.69) is 4.98 Å². The first-order valence-electron chi connectivity index (χ1n) is 6.30. The first kappa shape index (κ1) is 13.5. The van der Waals surface area contributed by atoms with E-state index in [1.807, 2.05) is 47.4 Å². The second-order valence-corrected chi connectivity index (χ2v) is 6.06. The fourth-order valence-corrected chi connectivity index (χ4v) is 3.51. The number of halogens is 1. The van der Waals surface area contributed by atoms with E-state index in [0.717, 1.165) is 11.3 Å². The number of hydrogen-bond acceptors (Lipinski definition) is 3. The summed E-state index contributed by atoms with van der Waals surface area (Å²) in [7, 11) is 0. The molecule has 1 aromatic carbocycles. The van der Waals surface area contributed by atoms with Gasteiger partial charge >= 0.3 is 0 Å². The third-order valence-corrected chi connectivity index (χ3v) is 4.69. The SMILES string of the molecule is O=C1CSC(c2ccc(Cl)cc2)N1Cc1ccccn1. The minimum absolute atomic E-state index is 0.0433. The smallest absolute Gasteiger partial charge is 0.234 e. The van der Waals surface area contributed by atoms with E-state index in [9.17, 15) is 4.79 Å². The van der Waals surface area contributed by atoms with Gasteiger partial charge in [-0.1, -0.05) is 29.8 Å². The molecule has 0 radical (unpaired) electrons. The molecule has 1 atom stereocenters. The average molecular weight is 305 g/mol. The number of amides is 1. The number of nitrogens with zero attached hydrogens (tertiary/aromatic N) is 2. The summed E-state index contributed by atoms with van der Waals surface area (Å²) in [5.41, 5.74) is 2.00. The van der Waals surface area contributed by atoms with Gasteiger partial charge in [-0.05, 0) is 29.8 Å². The zero-order chi connectivity index (χ0) is 13.9. The Labute approximate surface area is 127 Å². The molecule has 2 aromatic rings. The quantitative estimate of drug-likeness (QED) is 0.870. The lowest BCUT2D eigenvalue weighted by Gasteiger charge is -2.23. The molecule has 1 amide bonds. The maximum Gasteiger partial charge on any atom is 0.234 e. The lowest BCUT2D eigenvalue weighted by atomic mass is 10.2. The molecular formula is C15H13ClN2OS. The molecule has 1 aromatic heterocycles. The Morgan fingerprint density at radius 3 is 2.75 bits per heavy atom. The summed E-state index contributed by atoms with van der Waals surface area (Å²) in [4.78, 5) is 18.2. The van der Waals surface area contributed by atoms with Gasteiger partial charge in [-0.3, -0.25) is 9.78 Å². The van der Waals surface area contributed by atoms with Crippen molar-refractivity contribution in [3.8, 4) is 0 Å². The first-order chi connectivity index (χ1) is 9.74. The third kappa shape index (κ3) is 2.81. The molecule has 0 aliphatic carbocycles. The van der Waals surface area contributed by atoms with Crippen molar-refractivity contribution in [1.82, 2.24) is 9.88 Å². The van der Waals surface area contributed by atoms with Gasteiger partial charge in [0.25, 0.3) is 0 Å². The number of hydrogen-bond donors (Lipinski definition) is 0. The number of thioether (sulfide) groups is 1. The van der Waals surface area contributed by atoms with Crippen molar-refractivity contribution in [2.24, 2.45) is 0 Å². The molecule has 1 fully saturated rings. The third-order valence-electron chi connectivity index (χ3n) is 3.18. The van der Waals surface area contributed by atoms with E-state index in [1.54, 1.807) is 18.0 Å². The van der Waals surface area contributed by atoms with Crippen LogP contribution < -0.4 is 0 Å². The van der Waals surface area contributed by atoms with Crippen LogP contribution in [-0.4, -0.2) is 21.5 Å². The Kier molecular flexibility index (Phi) is 3.94. The molecular weight excluding hydrogens is 292 g/mol. The lowest BCUT2D eigenvalue weighted by molar-refractivity contribution is -0.128. The summed E-state index contributed by atoms with van der Waals surface area (Å²) in [5.74, 6) is 0.667. The number of pyridine rings is 1. The molecule has 102 valence electrons. The van der Waals surface area contributed by atoms with Crippen LogP contribution in [0.25, 0.3) is 0 Å². The summed E-state index contributed by atoms with van der Waals surface area (Å²) in [5, 5.41) is 0.751. The summed E-state index contributed by atoms with van der Waals surface area (Å²) in [6, 6.07) is 13.4. The van der Waals surface area contributed by atoms with Crippen LogP contribution in [0.5, 0.6) is 0 Å². The van der Waals surface area contributed by atoms with E-state index in [0.29, 0.717) is 17.3 Å². The molecule has 2 heterocycles. The topological polar surface area (TPSA) is 33.2 Å². The second-order valence-electron chi connectivity index (χ2n) is 4.56. The molecule has 0 spiro atoms. The van der Waals surface area contributed by atoms with Crippen molar-refractivity contribution in [2.45, 2.75) is 11.9 Å². The zero-order valence-corrected chi connectivity index (χ0v) is 12.3. The number of aromatic nitrogens is 1. The van der Waals surface area contributed by atoms with Crippen LogP contribution in [0.15, 0.2) is 48.7 Å². The van der Waals surface area contributed by atoms with Crippen molar-refractivity contribution in [3.63, 3.8) is 0 Å². The summed E-state index contributed by atoms with van der Waals surface area (Å²) >= 11 is 7.56. The largest absolute Gasteiger partial charge is 0.320 e. The Hall–Kier alpha value is -1.52. The number of rotatable bonds is 3. The van der Waals surface area contributed by atoms with E-state index in [4.69, 9.17) is 11.6 Å². The van der Waals surface area contributed by atoms with Gasteiger partial charge in [-0.25, -0.2) is 0 Å². The highest BCUT2D eigenvalue weighted by Crippen LogP contribution is 2.39. The van der Waals surface area contributed by atoms with Crippen molar-refractivity contribution in [2.75, 3.05) is 5.75 Å². The Balaban J connectivity index is 1.83. The summed E-state index contributed by atoms with van der Waals surface area (Å²) in [6.45, 7) is 0.542. The van der Waals surface area contributed by atoms with E-state index in [1.165, 1.54) is 0 Å². The second kappa shape index (κ2) is 5.85. The fraction of sp³-hybridized carbons (Fsp3) is 0.200. The van der Waals surface area contributed by atoms with Gasteiger partial charge in [0.2, 0.25) is 5.91 Å². The highest BCUT2D eigenvalue weighted by molar-refractivity contribution is 8.00. The van der Waals surface area contributed by atoms with Crippen LogP contribution in [-0.2, 0) is 11.3 Å². The van der Waals surface area contributed by atoms with Crippen molar-refractivity contribution in [3.05, 3.63) is 64.9 Å². The van der Waals surface area contributed by atoms with Crippen molar-refractivity contribution < 1.29 is 4.79 Å².